The van der Waals surface area contributed by atoms with Gasteiger partial charge < -0.3 is 10.2 Å². The maximum atomic E-state index is 5.95. The third-order valence-corrected chi connectivity index (χ3v) is 4.96. The molecule has 1 aromatic heterocycles. The Labute approximate surface area is 142 Å². The molecule has 23 heavy (non-hydrogen) atoms. The highest BCUT2D eigenvalue weighted by Gasteiger charge is 2.28. The molecular weight excluding hydrogens is 332 g/mol. The maximum absolute atomic E-state index is 5.95. The van der Waals surface area contributed by atoms with Crippen molar-refractivity contribution in [1.82, 2.24) is 14.9 Å². The summed E-state index contributed by atoms with van der Waals surface area (Å²) in [6.45, 7) is 0. The van der Waals surface area contributed by atoms with Crippen molar-refractivity contribution in [3.63, 3.8) is 0 Å². The predicted octanol–water partition coefficient (Wildman–Crippen LogP) is 3.96. The van der Waals surface area contributed by atoms with Crippen LogP contribution in [0.3, 0.4) is 0 Å². The molecule has 0 spiro atoms. The summed E-state index contributed by atoms with van der Waals surface area (Å²) in [5.74, 6) is 1.60. The monoisotopic (exact) mass is 344 g/mol. The van der Waals surface area contributed by atoms with Gasteiger partial charge in [0.05, 0.1) is 7.11 Å². The molecule has 0 amide bonds. The first-order valence-corrected chi connectivity index (χ1v) is 8.29. The Hall–Kier alpha value is -2.18. The van der Waals surface area contributed by atoms with Crippen molar-refractivity contribution in [3.8, 4) is 17.1 Å². The van der Waals surface area contributed by atoms with Crippen LogP contribution in [0.4, 0.5) is 0 Å². The minimum atomic E-state index is 0.0924. The summed E-state index contributed by atoms with van der Waals surface area (Å²) >= 11 is 7.58. The zero-order valence-corrected chi connectivity index (χ0v) is 13.8. The van der Waals surface area contributed by atoms with E-state index in [0.29, 0.717) is 0 Å². The number of nitrogens with one attached hydrogen (secondary N) is 1. The highest BCUT2D eigenvalue weighted by Crippen LogP contribution is 2.40. The summed E-state index contributed by atoms with van der Waals surface area (Å²) in [4.78, 5) is 0. The van der Waals surface area contributed by atoms with E-state index >= 15 is 0 Å². The second kappa shape index (κ2) is 5.79. The molecule has 0 radical (unpaired) electrons. The van der Waals surface area contributed by atoms with Crippen LogP contribution < -0.4 is 10.2 Å². The van der Waals surface area contributed by atoms with Gasteiger partial charge in [-0.25, -0.2) is 4.68 Å². The molecule has 0 bridgehead atoms. The molecule has 2 heterocycles. The van der Waals surface area contributed by atoms with Gasteiger partial charge in [-0.2, -0.15) is 0 Å². The van der Waals surface area contributed by atoms with Crippen molar-refractivity contribution in [2.24, 2.45) is 0 Å². The largest absolute Gasteiger partial charge is 0.497 e. The van der Waals surface area contributed by atoms with Gasteiger partial charge in [-0.3, -0.25) is 0 Å². The van der Waals surface area contributed by atoms with Crippen LogP contribution in [0.25, 0.3) is 11.4 Å². The molecular formula is C16H13ClN4OS. The van der Waals surface area contributed by atoms with E-state index in [2.05, 4.69) is 15.6 Å². The minimum absolute atomic E-state index is 0.0924. The van der Waals surface area contributed by atoms with Crippen LogP contribution in [0.5, 0.6) is 5.75 Å². The predicted molar refractivity (Wildman–Crippen MR) is 91.4 cm³/mol. The molecule has 1 atom stereocenters. The number of rotatable bonds is 3. The van der Waals surface area contributed by atoms with Crippen molar-refractivity contribution in [3.05, 3.63) is 59.1 Å². The van der Waals surface area contributed by atoms with Crippen LogP contribution in [-0.4, -0.2) is 22.0 Å². The Bertz CT molecular complexity index is 832. The van der Waals surface area contributed by atoms with Gasteiger partial charge in [-0.05, 0) is 42.0 Å². The number of ether oxygens (including phenoxy) is 1. The number of methoxy groups -OCH3 is 1. The lowest BCUT2D eigenvalue weighted by molar-refractivity contribution is 0.415. The van der Waals surface area contributed by atoms with Gasteiger partial charge in [0.1, 0.15) is 11.1 Å². The van der Waals surface area contributed by atoms with E-state index in [1.54, 1.807) is 18.9 Å². The Morgan fingerprint density at radius 3 is 2.52 bits per heavy atom. The molecule has 7 heteroatoms. The zero-order valence-electron chi connectivity index (χ0n) is 12.2. The average molecular weight is 345 g/mol. The number of fused-ring (bicyclic) bond motifs is 1. The molecule has 0 aliphatic carbocycles. The number of halogens is 1. The van der Waals surface area contributed by atoms with E-state index in [4.69, 9.17) is 16.3 Å². The Balaban J connectivity index is 1.62. The number of hydrogen-bond acceptors (Lipinski definition) is 5. The van der Waals surface area contributed by atoms with Gasteiger partial charge >= 0.3 is 0 Å². The highest BCUT2D eigenvalue weighted by molar-refractivity contribution is 7.99. The molecule has 2 aromatic carbocycles. The third kappa shape index (κ3) is 2.64. The second-order valence-corrected chi connectivity index (χ2v) is 6.56. The van der Waals surface area contributed by atoms with Crippen LogP contribution in [0, 0.1) is 0 Å². The average Bonchev–Trinajstić information content (AvgIpc) is 3.16. The summed E-state index contributed by atoms with van der Waals surface area (Å²) in [5, 5.41) is 10.2. The fraction of sp³-hybridized carbons (Fsp3) is 0.125. The number of hydrogen-bond donors (Lipinski definition) is 1. The van der Waals surface area contributed by atoms with Crippen molar-refractivity contribution in [2.45, 2.75) is 10.5 Å². The van der Waals surface area contributed by atoms with Crippen LogP contribution in [-0.2, 0) is 0 Å². The molecule has 1 unspecified atom stereocenters. The topological polar surface area (TPSA) is 52.0 Å². The van der Waals surface area contributed by atoms with E-state index < -0.39 is 0 Å². The smallest absolute Gasteiger partial charge is 0.212 e. The SMILES string of the molecule is COc1ccc(-c2nnc3n2NC(c2ccc(Cl)cc2)S3)cc1. The molecule has 1 N–H and O–H groups in total. The molecule has 0 fully saturated rings. The molecule has 5 nitrogen and oxygen atoms in total. The van der Waals surface area contributed by atoms with Gasteiger partial charge in [0, 0.05) is 10.6 Å². The number of thioether (sulfide) groups is 1. The van der Waals surface area contributed by atoms with Crippen molar-refractivity contribution in [2.75, 3.05) is 12.5 Å². The quantitative estimate of drug-likeness (QED) is 0.779. The molecule has 1 aliphatic heterocycles. The van der Waals surface area contributed by atoms with Crippen LogP contribution in [0.2, 0.25) is 5.02 Å². The minimum Gasteiger partial charge on any atom is -0.497 e. The maximum Gasteiger partial charge on any atom is 0.212 e. The normalized spacial score (nSPS) is 16.0. The van der Waals surface area contributed by atoms with Crippen LogP contribution >= 0.6 is 23.4 Å². The van der Waals surface area contributed by atoms with Gasteiger partial charge in [0.15, 0.2) is 5.82 Å². The first kappa shape index (κ1) is 14.4. The number of aromatic nitrogens is 3. The Kier molecular flexibility index (Phi) is 3.63. The highest BCUT2D eigenvalue weighted by atomic mass is 35.5. The number of nitrogens with zero attached hydrogens (tertiary/aromatic N) is 3. The van der Waals surface area contributed by atoms with E-state index in [0.717, 1.165) is 32.9 Å². The van der Waals surface area contributed by atoms with Gasteiger partial charge in [-0.15, -0.1) is 10.2 Å². The molecule has 1 aliphatic rings. The molecule has 4 rings (SSSR count). The number of benzene rings is 2. The van der Waals surface area contributed by atoms with Crippen molar-refractivity contribution < 1.29 is 4.74 Å². The first-order valence-electron chi connectivity index (χ1n) is 7.03. The van der Waals surface area contributed by atoms with E-state index in [1.165, 1.54) is 0 Å². The summed E-state index contributed by atoms with van der Waals surface area (Å²) < 4.78 is 7.11. The lowest BCUT2D eigenvalue weighted by atomic mass is 10.2. The molecule has 3 aromatic rings. The standard InChI is InChI=1S/C16H13ClN4OS/c1-22-13-8-4-10(5-9-13)14-18-19-16-21(14)20-15(23-16)11-2-6-12(17)7-3-11/h2-9,15,20H,1H3. The van der Waals surface area contributed by atoms with E-state index in [1.807, 2.05) is 53.2 Å². The molecule has 0 saturated heterocycles. The second-order valence-electron chi connectivity index (χ2n) is 5.05. The summed E-state index contributed by atoms with van der Waals surface area (Å²) in [6.07, 6.45) is 0. The molecule has 116 valence electrons. The molecule has 0 saturated carbocycles. The van der Waals surface area contributed by atoms with Crippen molar-refractivity contribution >= 4 is 23.4 Å². The van der Waals surface area contributed by atoms with Gasteiger partial charge in [-0.1, -0.05) is 35.5 Å². The summed E-state index contributed by atoms with van der Waals surface area (Å²) in [6, 6.07) is 15.6. The van der Waals surface area contributed by atoms with Gasteiger partial charge in [0.25, 0.3) is 0 Å². The van der Waals surface area contributed by atoms with Crippen molar-refractivity contribution in [1.29, 1.82) is 0 Å². The fourth-order valence-corrected chi connectivity index (χ4v) is 3.54. The lowest BCUT2D eigenvalue weighted by Crippen LogP contribution is -2.13. The Morgan fingerprint density at radius 2 is 1.83 bits per heavy atom. The third-order valence-electron chi connectivity index (χ3n) is 3.62. The first-order chi connectivity index (χ1) is 11.2. The Morgan fingerprint density at radius 1 is 1.09 bits per heavy atom. The summed E-state index contributed by atoms with van der Waals surface area (Å²) in [5.41, 5.74) is 5.55. The summed E-state index contributed by atoms with van der Waals surface area (Å²) in [7, 11) is 1.65. The van der Waals surface area contributed by atoms with E-state index in [9.17, 15) is 0 Å². The van der Waals surface area contributed by atoms with Crippen LogP contribution in [0.15, 0.2) is 53.7 Å². The lowest BCUT2D eigenvalue weighted by Gasteiger charge is -2.12. The van der Waals surface area contributed by atoms with Gasteiger partial charge in [0.2, 0.25) is 5.16 Å². The van der Waals surface area contributed by atoms with Crippen LogP contribution in [0.1, 0.15) is 10.9 Å². The fourth-order valence-electron chi connectivity index (χ4n) is 2.42. The van der Waals surface area contributed by atoms with E-state index in [-0.39, 0.29) is 5.37 Å². The zero-order chi connectivity index (χ0) is 15.8.